The van der Waals surface area contributed by atoms with Crippen molar-refractivity contribution in [2.24, 2.45) is 4.99 Å². The monoisotopic (exact) mass is 237 g/mol. The van der Waals surface area contributed by atoms with Crippen LogP contribution in [0.3, 0.4) is 0 Å². The van der Waals surface area contributed by atoms with Gasteiger partial charge in [-0.25, -0.2) is 4.99 Å². The van der Waals surface area contributed by atoms with Gasteiger partial charge in [0.25, 0.3) is 0 Å². The molecule has 0 aliphatic rings. The number of hydrogen-bond acceptors (Lipinski definition) is 1. The number of rotatable bonds is 5. The zero-order valence-electron chi connectivity index (χ0n) is 7.46. The molecule has 0 amide bonds. The molecule has 0 radical (unpaired) electrons. The van der Waals surface area contributed by atoms with Gasteiger partial charge in [-0.3, -0.25) is 0 Å². The Bertz CT molecular complexity index is 295. The van der Waals surface area contributed by atoms with Crippen LogP contribution < -0.4 is 0 Å². The summed E-state index contributed by atoms with van der Waals surface area (Å²) in [6.45, 7) is 14.6. The second kappa shape index (κ2) is 6.38. The fourth-order valence-corrected chi connectivity index (χ4v) is 0.741. The van der Waals surface area contributed by atoms with Gasteiger partial charge in [0.05, 0.1) is 5.70 Å². The number of hydrogen-bond donors (Lipinski definition) is 0. The molecule has 0 fully saturated rings. The lowest BCUT2D eigenvalue weighted by Gasteiger charge is -1.97. The van der Waals surface area contributed by atoms with Crippen molar-refractivity contribution >= 4 is 20.6 Å². The van der Waals surface area contributed by atoms with Crippen molar-refractivity contribution in [3.8, 4) is 0 Å². The van der Waals surface area contributed by atoms with Crippen molar-refractivity contribution in [2.75, 3.05) is 0 Å². The van der Waals surface area contributed by atoms with E-state index in [1.165, 1.54) is 0 Å². The summed E-state index contributed by atoms with van der Waals surface area (Å²) in [5.41, 5.74) is 1.35. The molecule has 0 spiro atoms. The van der Waals surface area contributed by atoms with E-state index in [4.69, 9.17) is 0 Å². The summed E-state index contributed by atoms with van der Waals surface area (Å²) < 4.78 is 0.644. The van der Waals surface area contributed by atoms with Crippen LogP contribution >= 0.6 is 15.9 Å². The highest BCUT2D eigenvalue weighted by Gasteiger charge is 1.93. The van der Waals surface area contributed by atoms with Gasteiger partial charge in [-0.2, -0.15) is 0 Å². The maximum Gasteiger partial charge on any atom is 0.106 e. The lowest BCUT2D eigenvalue weighted by atomic mass is 10.2. The Kier molecular flexibility index (Phi) is 5.81. The van der Waals surface area contributed by atoms with Crippen LogP contribution in [0.25, 0.3) is 0 Å². The molecular weight excluding hydrogens is 226 g/mol. The summed E-state index contributed by atoms with van der Waals surface area (Å²) in [7, 11) is 0. The van der Waals surface area contributed by atoms with Gasteiger partial charge in [-0.1, -0.05) is 44.5 Å². The van der Waals surface area contributed by atoms with E-state index < -0.39 is 0 Å². The molecule has 0 aromatic carbocycles. The van der Waals surface area contributed by atoms with Crippen LogP contribution in [-0.2, 0) is 0 Å². The first-order valence-corrected chi connectivity index (χ1v) is 4.45. The van der Waals surface area contributed by atoms with E-state index in [0.29, 0.717) is 10.3 Å². The molecule has 0 unspecified atom stereocenters. The van der Waals surface area contributed by atoms with Crippen LogP contribution in [-0.4, -0.2) is 4.62 Å². The average molecular weight is 238 g/mol. The maximum atomic E-state index is 4.08. The molecule has 0 atom stereocenters. The van der Waals surface area contributed by atoms with Gasteiger partial charge in [0.2, 0.25) is 0 Å². The summed E-state index contributed by atoms with van der Waals surface area (Å²) in [6.07, 6.45) is 6.84. The summed E-state index contributed by atoms with van der Waals surface area (Å²) in [6, 6.07) is 0. The molecule has 2 heteroatoms. The van der Waals surface area contributed by atoms with Crippen LogP contribution in [0.5, 0.6) is 0 Å². The quantitative estimate of drug-likeness (QED) is 0.510. The molecule has 13 heavy (non-hydrogen) atoms. The van der Waals surface area contributed by atoms with Gasteiger partial charge in [0, 0.05) is 0 Å². The van der Waals surface area contributed by atoms with E-state index in [1.807, 2.05) is 0 Å². The molecule has 0 N–H and O–H groups in total. The van der Waals surface area contributed by atoms with Gasteiger partial charge in [-0.15, -0.1) is 0 Å². The normalized spacial score (nSPS) is 11.3. The second-order valence-electron chi connectivity index (χ2n) is 2.21. The molecule has 0 aliphatic carbocycles. The van der Waals surface area contributed by atoms with Crippen molar-refractivity contribution in [1.82, 2.24) is 0 Å². The Hall–Kier alpha value is -1.15. The minimum Gasteiger partial charge on any atom is -0.242 e. The van der Waals surface area contributed by atoms with Crippen LogP contribution in [0.15, 0.2) is 66.9 Å². The van der Waals surface area contributed by atoms with E-state index in [0.717, 1.165) is 5.57 Å². The molecule has 0 rings (SSSR count). The van der Waals surface area contributed by atoms with Crippen LogP contribution in [0, 0.1) is 0 Å². The van der Waals surface area contributed by atoms with E-state index in [1.54, 1.807) is 24.3 Å². The molecule has 0 aromatic heterocycles. The Morgan fingerprint density at radius 3 is 2.31 bits per heavy atom. The summed E-state index contributed by atoms with van der Waals surface area (Å²) in [4.78, 5) is 4.08. The fraction of sp³-hybridized carbons (Fsp3) is 0. The first kappa shape index (κ1) is 11.8. The third kappa shape index (κ3) is 5.15. The predicted octanol–water partition coefficient (Wildman–Crippen LogP) is 3.78. The smallest absolute Gasteiger partial charge is 0.106 e. The molecule has 0 saturated carbocycles. The van der Waals surface area contributed by atoms with E-state index >= 15 is 0 Å². The first-order valence-electron chi connectivity index (χ1n) is 3.65. The fourth-order valence-electron chi connectivity index (χ4n) is 0.527. The van der Waals surface area contributed by atoms with Gasteiger partial charge in [0.1, 0.15) is 4.62 Å². The zero-order chi connectivity index (χ0) is 10.3. The van der Waals surface area contributed by atoms with Crippen LogP contribution in [0.2, 0.25) is 0 Å². The van der Waals surface area contributed by atoms with Gasteiger partial charge < -0.3 is 0 Å². The molecule has 0 aromatic rings. The highest BCUT2D eigenvalue weighted by atomic mass is 79.9. The Labute approximate surface area is 87.7 Å². The third-order valence-corrected chi connectivity index (χ3v) is 1.72. The lowest BCUT2D eigenvalue weighted by Crippen LogP contribution is -1.83. The number of nitrogens with zero attached hydrogens (tertiary/aromatic N) is 1. The zero-order valence-corrected chi connectivity index (χ0v) is 9.05. The van der Waals surface area contributed by atoms with Gasteiger partial charge in [-0.05, 0) is 27.6 Å². The van der Waals surface area contributed by atoms with Crippen LogP contribution in [0.4, 0.5) is 0 Å². The van der Waals surface area contributed by atoms with Crippen LogP contribution in [0.1, 0.15) is 0 Å². The predicted molar refractivity (Wildman–Crippen MR) is 64.2 cm³/mol. The van der Waals surface area contributed by atoms with E-state index in [2.05, 4.69) is 47.2 Å². The molecule has 0 saturated heterocycles. The van der Waals surface area contributed by atoms with Crippen molar-refractivity contribution in [2.45, 2.75) is 0 Å². The van der Waals surface area contributed by atoms with Gasteiger partial charge in [0.15, 0.2) is 0 Å². The average Bonchev–Trinajstić information content (AvgIpc) is 2.13. The number of aliphatic imine (C=N–C) groups is 1. The summed E-state index contributed by atoms with van der Waals surface area (Å²) in [5, 5.41) is 0. The standard InChI is InChI=1S/C11H12BrN/c1-5-7-8-9(3)10(4)13-11(12)6-2/h5-8H,1-4H2/b8-7-,13-11?. The van der Waals surface area contributed by atoms with E-state index in [9.17, 15) is 0 Å². The van der Waals surface area contributed by atoms with Crippen molar-refractivity contribution < 1.29 is 0 Å². The van der Waals surface area contributed by atoms with Crippen molar-refractivity contribution in [3.63, 3.8) is 0 Å². The Balaban J connectivity index is 4.44. The van der Waals surface area contributed by atoms with Gasteiger partial charge >= 0.3 is 0 Å². The molecule has 0 aliphatic heterocycles. The minimum absolute atomic E-state index is 0.602. The number of halogens is 1. The SMILES string of the molecule is C=C/C=C\C(=C)C(=C)N=C(Br)C=C. The molecule has 68 valence electrons. The first-order chi connectivity index (χ1) is 6.11. The van der Waals surface area contributed by atoms with Crippen molar-refractivity contribution in [3.05, 3.63) is 61.9 Å². The maximum absolute atomic E-state index is 4.08. The number of allylic oxidation sites excluding steroid dienone is 4. The molecule has 0 bridgehead atoms. The third-order valence-electron chi connectivity index (χ3n) is 1.21. The molecule has 1 nitrogen and oxygen atoms in total. The minimum atomic E-state index is 0.602. The van der Waals surface area contributed by atoms with E-state index in [-0.39, 0.29) is 0 Å². The summed E-state index contributed by atoms with van der Waals surface area (Å²) in [5.74, 6) is 0. The Morgan fingerprint density at radius 1 is 1.23 bits per heavy atom. The highest BCUT2D eigenvalue weighted by Crippen LogP contribution is 2.10. The molecule has 0 heterocycles. The lowest BCUT2D eigenvalue weighted by molar-refractivity contribution is 1.39. The Morgan fingerprint density at radius 2 is 1.85 bits per heavy atom. The molecular formula is C11H12BrN. The largest absolute Gasteiger partial charge is 0.242 e. The second-order valence-corrected chi connectivity index (χ2v) is 3.02. The summed E-state index contributed by atoms with van der Waals surface area (Å²) >= 11 is 3.20. The topological polar surface area (TPSA) is 12.4 Å². The highest BCUT2D eigenvalue weighted by molar-refractivity contribution is 9.18. The van der Waals surface area contributed by atoms with Crippen molar-refractivity contribution in [1.29, 1.82) is 0 Å².